The molecule has 41 heavy (non-hydrogen) atoms. The van der Waals surface area contributed by atoms with Gasteiger partial charge in [0.1, 0.15) is 11.8 Å². The van der Waals surface area contributed by atoms with Crippen molar-refractivity contribution < 1.29 is 27.1 Å². The van der Waals surface area contributed by atoms with Gasteiger partial charge in [0, 0.05) is 11.3 Å². The fourth-order valence-electron chi connectivity index (χ4n) is 3.56. The number of amides is 1. The van der Waals surface area contributed by atoms with E-state index >= 15 is 4.39 Å². The van der Waals surface area contributed by atoms with E-state index in [0.717, 1.165) is 12.8 Å². The second-order valence-corrected chi connectivity index (χ2v) is 8.82. The molecule has 3 rings (SSSR count). The third kappa shape index (κ3) is 9.62. The first-order chi connectivity index (χ1) is 19.6. The number of alkyl halides is 3. The second-order valence-electron chi connectivity index (χ2n) is 8.82. The van der Waals surface area contributed by atoms with Crippen molar-refractivity contribution in [1.29, 1.82) is 5.26 Å². The molecule has 0 aromatic heterocycles. The summed E-state index contributed by atoms with van der Waals surface area (Å²) in [7, 11) is 0. The molecule has 1 atom stereocenters. The number of nitriles is 1. The van der Waals surface area contributed by atoms with Crippen molar-refractivity contribution in [3.63, 3.8) is 0 Å². The quantitative estimate of drug-likeness (QED) is 0.153. The molecule has 1 unspecified atom stereocenters. The fraction of sp³-hybridized carbons (Fsp3) is 0.250. The van der Waals surface area contributed by atoms with Crippen LogP contribution in [0.2, 0.25) is 0 Å². The van der Waals surface area contributed by atoms with Crippen LogP contribution < -0.4 is 10.6 Å². The van der Waals surface area contributed by atoms with Crippen LogP contribution in [-0.2, 0) is 9.53 Å². The molecule has 0 saturated heterocycles. The molecule has 0 heterocycles. The van der Waals surface area contributed by atoms with Crippen LogP contribution in [0, 0.1) is 23.1 Å². The first-order valence-electron chi connectivity index (χ1n) is 13.0. The largest absolute Gasteiger partial charge is 0.415 e. The molecular formula is C32H33F4N3O2. The molecule has 216 valence electrons. The molecule has 2 N–H and O–H groups in total. The molecule has 9 heteroatoms. The number of ether oxygens (including phenoxy) is 1. The summed E-state index contributed by atoms with van der Waals surface area (Å²) in [5.74, 6) is -1.49. The normalized spacial score (nSPS) is 14.1. The zero-order valence-corrected chi connectivity index (χ0v) is 23.0. The summed E-state index contributed by atoms with van der Waals surface area (Å²) < 4.78 is 61.4. The van der Waals surface area contributed by atoms with Crippen LogP contribution in [0.4, 0.5) is 28.9 Å². The molecule has 0 aliphatic heterocycles. The van der Waals surface area contributed by atoms with Gasteiger partial charge in [-0.15, -0.1) is 0 Å². The summed E-state index contributed by atoms with van der Waals surface area (Å²) >= 11 is 0. The third-order valence-electron chi connectivity index (χ3n) is 5.80. The Morgan fingerprint density at radius 3 is 2.44 bits per heavy atom. The smallest absolute Gasteiger partial charge is 0.368 e. The van der Waals surface area contributed by atoms with Gasteiger partial charge in [-0.3, -0.25) is 4.79 Å². The van der Waals surface area contributed by atoms with Crippen molar-refractivity contribution in [2.24, 2.45) is 5.92 Å². The van der Waals surface area contributed by atoms with Crippen molar-refractivity contribution in [2.45, 2.75) is 39.0 Å². The molecule has 1 aliphatic rings. The molecular weight excluding hydrogens is 534 g/mol. The highest BCUT2D eigenvalue weighted by Crippen LogP contribution is 2.36. The predicted octanol–water partition coefficient (Wildman–Crippen LogP) is 8.54. The Hall–Kier alpha value is -4.42. The number of nitrogens with one attached hydrogen (secondary N) is 2. The van der Waals surface area contributed by atoms with Crippen LogP contribution >= 0.6 is 0 Å². The van der Waals surface area contributed by atoms with Crippen LogP contribution in [0.3, 0.4) is 0 Å². The Morgan fingerprint density at radius 1 is 1.17 bits per heavy atom. The topological polar surface area (TPSA) is 74.2 Å². The van der Waals surface area contributed by atoms with Gasteiger partial charge in [0.2, 0.25) is 0 Å². The standard InChI is InChI=1S/C30H27F4N3O2.C2H6/c1-4-8-22(5-2)28(39-18-20-13-14-20)24-11-7-12-25(27(24)31)37-29(38)26(15-19(3)30(32,33)34)36-23-10-6-9-21(16-23)17-35;1-2/h4-12,15-16,20,28,36H,1-3,13-14,18H2,(H,37,38);1-2H3/b22-8+,26-15-;. The lowest BCUT2D eigenvalue weighted by Crippen LogP contribution is -2.22. The number of halogens is 4. The number of nitrogens with zero attached hydrogens (tertiary/aromatic N) is 1. The number of benzene rings is 2. The Balaban J connectivity index is 0.00000287. The van der Waals surface area contributed by atoms with Gasteiger partial charge in [-0.25, -0.2) is 4.39 Å². The average Bonchev–Trinajstić information content (AvgIpc) is 3.79. The molecule has 0 spiro atoms. The molecule has 1 fully saturated rings. The van der Waals surface area contributed by atoms with Crippen LogP contribution in [0.5, 0.6) is 0 Å². The number of hydrogen-bond acceptors (Lipinski definition) is 4. The summed E-state index contributed by atoms with van der Waals surface area (Å²) in [6, 6.07) is 12.0. The molecule has 1 aliphatic carbocycles. The number of carbonyl (C=O) groups is 1. The molecule has 0 radical (unpaired) electrons. The summed E-state index contributed by atoms with van der Waals surface area (Å²) in [4.78, 5) is 13.1. The summed E-state index contributed by atoms with van der Waals surface area (Å²) in [5.41, 5.74) is -1.07. The van der Waals surface area contributed by atoms with Crippen molar-refractivity contribution in [3.8, 4) is 6.07 Å². The van der Waals surface area contributed by atoms with Gasteiger partial charge in [-0.05, 0) is 54.7 Å². The van der Waals surface area contributed by atoms with E-state index in [2.05, 4.69) is 30.4 Å². The highest BCUT2D eigenvalue weighted by atomic mass is 19.4. The molecule has 2 aromatic carbocycles. The number of allylic oxidation sites excluding steroid dienone is 4. The molecule has 1 saturated carbocycles. The highest BCUT2D eigenvalue weighted by molar-refractivity contribution is 6.06. The van der Waals surface area contributed by atoms with Crippen molar-refractivity contribution in [3.05, 3.63) is 120 Å². The number of rotatable bonds is 12. The zero-order chi connectivity index (χ0) is 30.6. The van der Waals surface area contributed by atoms with Crippen molar-refractivity contribution in [2.75, 3.05) is 17.2 Å². The van der Waals surface area contributed by atoms with E-state index in [1.165, 1.54) is 54.6 Å². The van der Waals surface area contributed by atoms with E-state index in [-0.39, 0.29) is 22.5 Å². The van der Waals surface area contributed by atoms with E-state index in [4.69, 9.17) is 10.00 Å². The van der Waals surface area contributed by atoms with E-state index in [0.29, 0.717) is 24.2 Å². The monoisotopic (exact) mass is 567 g/mol. The minimum atomic E-state index is -4.81. The van der Waals surface area contributed by atoms with Gasteiger partial charge in [-0.1, -0.05) is 70.0 Å². The van der Waals surface area contributed by atoms with Gasteiger partial charge in [-0.2, -0.15) is 18.4 Å². The SMILES string of the molecule is C=C/C=C(\C=C)C(OCC1CC1)c1cccc(NC(=O)/C(=C/C(=C)C(F)(F)F)Nc2cccc(C#N)c2)c1F.CC. The lowest BCUT2D eigenvalue weighted by Gasteiger charge is -2.22. The van der Waals surface area contributed by atoms with Gasteiger partial charge < -0.3 is 15.4 Å². The Bertz CT molecular complexity index is 1370. The molecule has 5 nitrogen and oxygen atoms in total. The second kappa shape index (κ2) is 15.4. The molecule has 2 aromatic rings. The summed E-state index contributed by atoms with van der Waals surface area (Å²) in [6.45, 7) is 14.8. The average molecular weight is 568 g/mol. The first kappa shape index (κ1) is 32.8. The Morgan fingerprint density at radius 2 is 1.85 bits per heavy atom. The van der Waals surface area contributed by atoms with Gasteiger partial charge in [0.05, 0.1) is 29.5 Å². The van der Waals surface area contributed by atoms with E-state index in [1.807, 2.05) is 19.9 Å². The minimum absolute atomic E-state index is 0.112. The lowest BCUT2D eigenvalue weighted by atomic mass is 9.99. The van der Waals surface area contributed by atoms with Crippen LogP contribution in [0.15, 0.2) is 103 Å². The lowest BCUT2D eigenvalue weighted by molar-refractivity contribution is -0.112. The zero-order valence-electron chi connectivity index (χ0n) is 23.0. The van der Waals surface area contributed by atoms with E-state index in [9.17, 15) is 18.0 Å². The summed E-state index contributed by atoms with van der Waals surface area (Å²) in [5, 5.41) is 14.0. The van der Waals surface area contributed by atoms with Crippen LogP contribution in [0.1, 0.15) is 43.9 Å². The number of anilines is 2. The predicted molar refractivity (Wildman–Crippen MR) is 154 cm³/mol. The van der Waals surface area contributed by atoms with Gasteiger partial charge in [0.15, 0.2) is 5.82 Å². The van der Waals surface area contributed by atoms with Gasteiger partial charge in [0.25, 0.3) is 5.91 Å². The maximum absolute atomic E-state index is 15.7. The first-order valence-corrected chi connectivity index (χ1v) is 13.0. The Labute approximate surface area is 238 Å². The maximum Gasteiger partial charge on any atom is 0.415 e. The number of carbonyl (C=O) groups excluding carboxylic acids is 1. The minimum Gasteiger partial charge on any atom is -0.368 e. The van der Waals surface area contributed by atoms with Crippen molar-refractivity contribution >= 4 is 17.3 Å². The van der Waals surface area contributed by atoms with Crippen LogP contribution in [0.25, 0.3) is 0 Å². The highest BCUT2D eigenvalue weighted by Gasteiger charge is 2.32. The third-order valence-corrected chi connectivity index (χ3v) is 5.80. The number of hydrogen-bond donors (Lipinski definition) is 2. The van der Waals surface area contributed by atoms with Crippen molar-refractivity contribution in [1.82, 2.24) is 0 Å². The van der Waals surface area contributed by atoms with Gasteiger partial charge >= 0.3 is 6.18 Å². The molecule has 0 bridgehead atoms. The maximum atomic E-state index is 15.7. The molecule has 1 amide bonds. The van der Waals surface area contributed by atoms with E-state index < -0.39 is 35.3 Å². The summed E-state index contributed by atoms with van der Waals surface area (Å²) in [6.07, 6.45) is 1.57. The Kier molecular flexibility index (Phi) is 12.3. The fourth-order valence-corrected chi connectivity index (χ4v) is 3.56. The van der Waals surface area contributed by atoms with E-state index in [1.54, 1.807) is 6.08 Å². The van der Waals surface area contributed by atoms with Crippen LogP contribution in [-0.4, -0.2) is 18.7 Å².